The Morgan fingerprint density at radius 1 is 1.26 bits per heavy atom. The van der Waals surface area contributed by atoms with Gasteiger partial charge in [-0.25, -0.2) is 9.97 Å². The number of allylic oxidation sites excluding steroid dienone is 1. The molecule has 0 atom stereocenters. The van der Waals surface area contributed by atoms with Crippen molar-refractivity contribution in [3.8, 4) is 12.1 Å². The van der Waals surface area contributed by atoms with Crippen molar-refractivity contribution in [2.45, 2.75) is 0 Å². The van der Waals surface area contributed by atoms with Gasteiger partial charge < -0.3 is 10.0 Å². The van der Waals surface area contributed by atoms with Crippen LogP contribution in [0.5, 0.6) is 0 Å². The lowest BCUT2D eigenvalue weighted by atomic mass is 10.0. The number of aromatic nitrogens is 2. The van der Waals surface area contributed by atoms with Gasteiger partial charge in [-0.05, 0) is 6.07 Å². The van der Waals surface area contributed by atoms with Crippen molar-refractivity contribution >= 4 is 17.3 Å². The van der Waals surface area contributed by atoms with Crippen LogP contribution in [-0.4, -0.2) is 35.3 Å². The maximum atomic E-state index is 9.35. The Morgan fingerprint density at radius 3 is 2.57 bits per heavy atom. The number of rotatable bonds is 5. The van der Waals surface area contributed by atoms with E-state index in [-0.39, 0.29) is 6.61 Å². The third-order valence-electron chi connectivity index (χ3n) is 3.27. The fraction of sp³-hybridized carbons (Fsp3) is 0.176. The SMILES string of the molecule is CN(CCO)c1cnc(C=C(C#N)c2ccccc2C#N)nc1. The van der Waals surface area contributed by atoms with Crippen LogP contribution in [0, 0.1) is 22.7 Å². The van der Waals surface area contributed by atoms with E-state index in [2.05, 4.69) is 22.1 Å². The van der Waals surface area contributed by atoms with Gasteiger partial charge in [-0.1, -0.05) is 18.2 Å². The van der Waals surface area contributed by atoms with Crippen LogP contribution in [0.2, 0.25) is 0 Å². The van der Waals surface area contributed by atoms with Crippen LogP contribution >= 0.6 is 0 Å². The zero-order valence-corrected chi connectivity index (χ0v) is 12.6. The van der Waals surface area contributed by atoms with Gasteiger partial charge in [0.05, 0.1) is 48.0 Å². The molecule has 0 aliphatic rings. The van der Waals surface area contributed by atoms with Gasteiger partial charge in [0.25, 0.3) is 0 Å². The summed E-state index contributed by atoms with van der Waals surface area (Å²) in [7, 11) is 1.83. The maximum Gasteiger partial charge on any atom is 0.153 e. The quantitative estimate of drug-likeness (QED) is 0.847. The van der Waals surface area contributed by atoms with Gasteiger partial charge in [0.2, 0.25) is 0 Å². The van der Waals surface area contributed by atoms with Crippen LogP contribution in [0.4, 0.5) is 5.69 Å². The normalized spacial score (nSPS) is 10.7. The average molecular weight is 305 g/mol. The first-order chi connectivity index (χ1) is 11.2. The molecule has 0 spiro atoms. The molecule has 0 fully saturated rings. The third-order valence-corrected chi connectivity index (χ3v) is 3.27. The summed E-state index contributed by atoms with van der Waals surface area (Å²) in [6.07, 6.45) is 4.80. The minimum absolute atomic E-state index is 0.0433. The molecule has 114 valence electrons. The van der Waals surface area contributed by atoms with Gasteiger partial charge in [0.1, 0.15) is 0 Å². The first-order valence-corrected chi connectivity index (χ1v) is 6.95. The monoisotopic (exact) mass is 305 g/mol. The molecule has 1 aromatic carbocycles. The molecular formula is C17H15N5O. The molecule has 1 heterocycles. The number of hydrogen-bond acceptors (Lipinski definition) is 6. The van der Waals surface area contributed by atoms with E-state index in [4.69, 9.17) is 10.4 Å². The summed E-state index contributed by atoms with van der Waals surface area (Å²) in [5.41, 5.74) is 2.09. The second-order valence-electron chi connectivity index (χ2n) is 4.77. The van der Waals surface area contributed by atoms with Crippen LogP contribution in [0.3, 0.4) is 0 Å². The van der Waals surface area contributed by atoms with Gasteiger partial charge in [-0.2, -0.15) is 10.5 Å². The van der Waals surface area contributed by atoms with Crippen LogP contribution in [-0.2, 0) is 0 Å². The van der Waals surface area contributed by atoms with Crippen LogP contribution in [0.15, 0.2) is 36.7 Å². The minimum atomic E-state index is 0.0433. The highest BCUT2D eigenvalue weighted by Gasteiger charge is 2.08. The first-order valence-electron chi connectivity index (χ1n) is 6.95. The zero-order valence-electron chi connectivity index (χ0n) is 12.6. The fourth-order valence-electron chi connectivity index (χ4n) is 2.00. The molecule has 1 aromatic heterocycles. The number of nitrogens with zero attached hydrogens (tertiary/aromatic N) is 5. The molecule has 0 unspecified atom stereocenters. The van der Waals surface area contributed by atoms with Crippen molar-refractivity contribution in [3.05, 3.63) is 53.6 Å². The van der Waals surface area contributed by atoms with E-state index in [1.165, 1.54) is 0 Å². The van der Waals surface area contributed by atoms with Crippen molar-refractivity contribution < 1.29 is 5.11 Å². The minimum Gasteiger partial charge on any atom is -0.395 e. The Kier molecular flexibility index (Phi) is 5.40. The summed E-state index contributed by atoms with van der Waals surface area (Å²) >= 11 is 0. The molecule has 0 saturated heterocycles. The molecular weight excluding hydrogens is 290 g/mol. The number of anilines is 1. The summed E-state index contributed by atoms with van der Waals surface area (Å²) < 4.78 is 0. The lowest BCUT2D eigenvalue weighted by molar-refractivity contribution is 0.304. The molecule has 1 N–H and O–H groups in total. The summed E-state index contributed by atoms with van der Waals surface area (Å²) in [5, 5.41) is 27.4. The van der Waals surface area contributed by atoms with Crippen LogP contribution in [0.25, 0.3) is 11.6 Å². The third kappa shape index (κ3) is 3.91. The Morgan fingerprint density at radius 2 is 1.96 bits per heavy atom. The second-order valence-corrected chi connectivity index (χ2v) is 4.77. The Labute approximate surface area is 134 Å². The molecule has 0 saturated carbocycles. The summed E-state index contributed by atoms with van der Waals surface area (Å²) in [6.45, 7) is 0.527. The van der Waals surface area contributed by atoms with Crippen LogP contribution < -0.4 is 4.90 Å². The number of benzene rings is 1. The molecule has 0 radical (unpaired) electrons. The van der Waals surface area contributed by atoms with E-state index in [0.717, 1.165) is 5.69 Å². The molecule has 6 heteroatoms. The molecule has 6 nitrogen and oxygen atoms in total. The van der Waals surface area contributed by atoms with Crippen molar-refractivity contribution in [2.75, 3.05) is 25.1 Å². The van der Waals surface area contributed by atoms with Gasteiger partial charge in [0, 0.05) is 25.2 Å². The van der Waals surface area contributed by atoms with E-state index in [9.17, 15) is 5.26 Å². The van der Waals surface area contributed by atoms with E-state index >= 15 is 0 Å². The van der Waals surface area contributed by atoms with Crippen molar-refractivity contribution in [3.63, 3.8) is 0 Å². The Hall–Kier alpha value is -3.22. The largest absolute Gasteiger partial charge is 0.395 e. The topological polar surface area (TPSA) is 96.8 Å². The molecule has 2 rings (SSSR count). The highest BCUT2D eigenvalue weighted by Crippen LogP contribution is 2.20. The number of aliphatic hydroxyl groups excluding tert-OH is 1. The average Bonchev–Trinajstić information content (AvgIpc) is 2.60. The molecule has 0 bridgehead atoms. The summed E-state index contributed by atoms with van der Waals surface area (Å²) in [4.78, 5) is 10.2. The molecule has 2 aromatic rings. The van der Waals surface area contributed by atoms with Crippen molar-refractivity contribution in [1.82, 2.24) is 9.97 Å². The van der Waals surface area contributed by atoms with E-state index in [1.807, 2.05) is 11.9 Å². The van der Waals surface area contributed by atoms with Crippen molar-refractivity contribution in [1.29, 1.82) is 10.5 Å². The number of hydrogen-bond donors (Lipinski definition) is 1. The standard InChI is InChI=1S/C17H15N5O/c1-22(6-7-23)15-11-20-17(21-12-15)8-14(10-19)16-5-3-2-4-13(16)9-18/h2-5,8,11-12,23H,6-7H2,1H3. The maximum absolute atomic E-state index is 9.35. The van der Waals surface area contributed by atoms with Gasteiger partial charge in [-0.15, -0.1) is 0 Å². The number of likely N-dealkylation sites (N-methyl/N-ethyl adjacent to an activating group) is 1. The van der Waals surface area contributed by atoms with Gasteiger partial charge >= 0.3 is 0 Å². The second kappa shape index (κ2) is 7.69. The van der Waals surface area contributed by atoms with E-state index in [1.54, 1.807) is 42.7 Å². The summed E-state index contributed by atoms with van der Waals surface area (Å²) in [6, 6.07) is 11.1. The first kappa shape index (κ1) is 16.2. The number of aliphatic hydroxyl groups is 1. The predicted molar refractivity (Wildman–Crippen MR) is 87.0 cm³/mol. The smallest absolute Gasteiger partial charge is 0.153 e. The highest BCUT2D eigenvalue weighted by atomic mass is 16.3. The highest BCUT2D eigenvalue weighted by molar-refractivity contribution is 5.90. The fourth-order valence-corrected chi connectivity index (χ4v) is 2.00. The van der Waals surface area contributed by atoms with Crippen LogP contribution in [0.1, 0.15) is 17.0 Å². The lowest BCUT2D eigenvalue weighted by Gasteiger charge is -2.16. The Balaban J connectivity index is 2.32. The zero-order chi connectivity index (χ0) is 16.7. The van der Waals surface area contributed by atoms with Gasteiger partial charge in [-0.3, -0.25) is 0 Å². The molecule has 0 amide bonds. The summed E-state index contributed by atoms with van der Waals surface area (Å²) in [5.74, 6) is 0.385. The molecule has 0 aliphatic heterocycles. The van der Waals surface area contributed by atoms with E-state index < -0.39 is 0 Å². The number of nitriles is 2. The lowest BCUT2D eigenvalue weighted by Crippen LogP contribution is -2.21. The van der Waals surface area contributed by atoms with E-state index in [0.29, 0.717) is 29.1 Å². The molecule has 0 aliphatic carbocycles. The Bertz CT molecular complexity index is 784. The predicted octanol–water partition coefficient (Wildman–Crippen LogP) is 1.84. The van der Waals surface area contributed by atoms with Crippen molar-refractivity contribution in [2.24, 2.45) is 0 Å². The van der Waals surface area contributed by atoms with Gasteiger partial charge in [0.15, 0.2) is 5.82 Å². The molecule has 23 heavy (non-hydrogen) atoms.